The molecule has 0 bridgehead atoms. The second-order valence-electron chi connectivity index (χ2n) is 4.13. The fraction of sp³-hybridized carbons (Fsp3) is 0.154. The van der Waals surface area contributed by atoms with Crippen LogP contribution in [0.15, 0.2) is 34.3 Å². The van der Waals surface area contributed by atoms with E-state index >= 15 is 0 Å². The normalized spacial score (nSPS) is 11.7. The van der Waals surface area contributed by atoms with Crippen LogP contribution in [0.5, 0.6) is 0 Å². The summed E-state index contributed by atoms with van der Waals surface area (Å²) in [5.74, 6) is -2.06. The Balaban J connectivity index is 1.98. The number of aromatic carboxylic acids is 1. The molecule has 21 heavy (non-hydrogen) atoms. The predicted molar refractivity (Wildman–Crippen MR) is 75.5 cm³/mol. The number of rotatable bonds is 5. The van der Waals surface area contributed by atoms with Crippen molar-refractivity contribution in [2.45, 2.75) is 13.0 Å². The average molecular weight is 308 g/mol. The highest BCUT2D eigenvalue weighted by Crippen LogP contribution is 2.22. The standard InChI is InChI=1S/C13H12N2O5S/c1-7(14-12(17)9-3-2-5-20-9)11(16)15-8-4-6-21-10(8)13(18)19/h2-7H,1H3,(H,14,17)(H,15,16)(H,18,19). The molecule has 0 fully saturated rings. The number of carbonyl (C=O) groups is 3. The third-order valence-corrected chi connectivity index (χ3v) is 3.51. The number of anilines is 1. The molecule has 3 N–H and O–H groups in total. The van der Waals surface area contributed by atoms with Gasteiger partial charge in [-0.15, -0.1) is 11.3 Å². The number of nitrogens with one attached hydrogen (secondary N) is 2. The highest BCUT2D eigenvalue weighted by molar-refractivity contribution is 7.12. The topological polar surface area (TPSA) is 109 Å². The second kappa shape index (κ2) is 6.23. The van der Waals surface area contributed by atoms with Gasteiger partial charge in [0.25, 0.3) is 5.91 Å². The average Bonchev–Trinajstić information content (AvgIpc) is 3.09. The summed E-state index contributed by atoms with van der Waals surface area (Å²) >= 11 is 1.01. The number of carboxylic acids is 1. The quantitative estimate of drug-likeness (QED) is 0.780. The van der Waals surface area contributed by atoms with E-state index in [4.69, 9.17) is 9.52 Å². The lowest BCUT2D eigenvalue weighted by atomic mass is 10.2. The van der Waals surface area contributed by atoms with Crippen molar-refractivity contribution in [3.8, 4) is 0 Å². The van der Waals surface area contributed by atoms with Crippen LogP contribution in [0.1, 0.15) is 27.2 Å². The SMILES string of the molecule is CC(NC(=O)c1ccco1)C(=O)Nc1ccsc1C(=O)O. The highest BCUT2D eigenvalue weighted by Gasteiger charge is 2.20. The van der Waals surface area contributed by atoms with Gasteiger partial charge in [-0.05, 0) is 30.5 Å². The molecule has 1 atom stereocenters. The van der Waals surface area contributed by atoms with Gasteiger partial charge in [0, 0.05) is 0 Å². The van der Waals surface area contributed by atoms with Crippen LogP contribution < -0.4 is 10.6 Å². The minimum Gasteiger partial charge on any atom is -0.477 e. The molecule has 0 saturated heterocycles. The predicted octanol–water partition coefficient (Wildman–Crippen LogP) is 1.80. The molecule has 2 amide bonds. The summed E-state index contributed by atoms with van der Waals surface area (Å²) in [7, 11) is 0. The number of thiophene rings is 1. The van der Waals surface area contributed by atoms with E-state index in [2.05, 4.69) is 10.6 Å². The van der Waals surface area contributed by atoms with Crippen molar-refractivity contribution in [3.63, 3.8) is 0 Å². The van der Waals surface area contributed by atoms with Gasteiger partial charge in [-0.2, -0.15) is 0 Å². The number of carboxylic acid groups (broad SMARTS) is 1. The molecule has 0 spiro atoms. The molecule has 0 aliphatic carbocycles. The van der Waals surface area contributed by atoms with Crippen LogP contribution in [0.2, 0.25) is 0 Å². The van der Waals surface area contributed by atoms with E-state index in [1.54, 1.807) is 11.4 Å². The molecule has 2 aromatic heterocycles. The van der Waals surface area contributed by atoms with E-state index in [0.29, 0.717) is 0 Å². The lowest BCUT2D eigenvalue weighted by molar-refractivity contribution is -0.117. The fourth-order valence-corrected chi connectivity index (χ4v) is 2.24. The van der Waals surface area contributed by atoms with Crippen molar-refractivity contribution in [2.24, 2.45) is 0 Å². The molecule has 2 aromatic rings. The maximum absolute atomic E-state index is 11.9. The maximum atomic E-state index is 11.9. The maximum Gasteiger partial charge on any atom is 0.348 e. The van der Waals surface area contributed by atoms with E-state index in [1.807, 2.05) is 0 Å². The van der Waals surface area contributed by atoms with Gasteiger partial charge in [0.15, 0.2) is 5.76 Å². The van der Waals surface area contributed by atoms with E-state index in [1.165, 1.54) is 25.3 Å². The Hall–Kier alpha value is -2.61. The van der Waals surface area contributed by atoms with E-state index in [-0.39, 0.29) is 16.3 Å². The van der Waals surface area contributed by atoms with Gasteiger partial charge in [0.1, 0.15) is 10.9 Å². The Kier molecular flexibility index (Phi) is 4.39. The zero-order valence-electron chi connectivity index (χ0n) is 11.0. The van der Waals surface area contributed by atoms with Crippen LogP contribution >= 0.6 is 11.3 Å². The molecule has 0 aliphatic heterocycles. The number of furan rings is 1. The van der Waals surface area contributed by atoms with Crippen LogP contribution in [0.4, 0.5) is 5.69 Å². The molecular formula is C13H12N2O5S. The van der Waals surface area contributed by atoms with Crippen LogP contribution in [0.3, 0.4) is 0 Å². The summed E-state index contributed by atoms with van der Waals surface area (Å²) in [6.07, 6.45) is 1.35. The molecule has 2 heterocycles. The lowest BCUT2D eigenvalue weighted by Crippen LogP contribution is -2.41. The molecular weight excluding hydrogens is 296 g/mol. The summed E-state index contributed by atoms with van der Waals surface area (Å²) in [5, 5.41) is 15.4. The van der Waals surface area contributed by atoms with Crippen LogP contribution in [-0.2, 0) is 4.79 Å². The van der Waals surface area contributed by atoms with Crippen molar-refractivity contribution in [2.75, 3.05) is 5.32 Å². The largest absolute Gasteiger partial charge is 0.477 e. The first-order chi connectivity index (χ1) is 9.99. The molecule has 0 aromatic carbocycles. The van der Waals surface area contributed by atoms with Crippen LogP contribution in [0.25, 0.3) is 0 Å². The molecule has 110 valence electrons. The van der Waals surface area contributed by atoms with E-state index in [9.17, 15) is 14.4 Å². The van der Waals surface area contributed by atoms with Gasteiger partial charge in [0.2, 0.25) is 5.91 Å². The number of amides is 2. The van der Waals surface area contributed by atoms with Gasteiger partial charge in [0.05, 0.1) is 12.0 Å². The zero-order chi connectivity index (χ0) is 15.4. The minimum atomic E-state index is -1.12. The molecule has 2 rings (SSSR count). The summed E-state index contributed by atoms with van der Waals surface area (Å²) in [6.45, 7) is 1.49. The lowest BCUT2D eigenvalue weighted by Gasteiger charge is -2.13. The fourth-order valence-electron chi connectivity index (χ4n) is 1.56. The number of carbonyl (C=O) groups excluding carboxylic acids is 2. The van der Waals surface area contributed by atoms with Crippen molar-refractivity contribution < 1.29 is 23.9 Å². The Labute approximate surface area is 123 Å². The van der Waals surface area contributed by atoms with Crippen LogP contribution in [0, 0.1) is 0 Å². The molecule has 8 heteroatoms. The summed E-state index contributed by atoms with van der Waals surface area (Å²) < 4.78 is 4.91. The first-order valence-electron chi connectivity index (χ1n) is 5.95. The number of hydrogen-bond acceptors (Lipinski definition) is 5. The Bertz CT molecular complexity index is 662. The summed E-state index contributed by atoms with van der Waals surface area (Å²) in [6, 6.07) is 3.68. The molecule has 7 nitrogen and oxygen atoms in total. The van der Waals surface area contributed by atoms with Gasteiger partial charge < -0.3 is 20.2 Å². The summed E-state index contributed by atoms with van der Waals surface area (Å²) in [4.78, 5) is 34.6. The van der Waals surface area contributed by atoms with Gasteiger partial charge in [-0.1, -0.05) is 0 Å². The Morgan fingerprint density at radius 1 is 1.33 bits per heavy atom. The third-order valence-electron chi connectivity index (χ3n) is 2.60. The monoisotopic (exact) mass is 308 g/mol. The Morgan fingerprint density at radius 2 is 2.10 bits per heavy atom. The molecule has 0 saturated carbocycles. The van der Waals surface area contributed by atoms with Crippen molar-refractivity contribution in [1.29, 1.82) is 0 Å². The van der Waals surface area contributed by atoms with Crippen LogP contribution in [-0.4, -0.2) is 28.9 Å². The van der Waals surface area contributed by atoms with Gasteiger partial charge in [-0.25, -0.2) is 4.79 Å². The number of hydrogen-bond donors (Lipinski definition) is 3. The first-order valence-corrected chi connectivity index (χ1v) is 6.83. The second-order valence-corrected chi connectivity index (χ2v) is 5.05. The third kappa shape index (κ3) is 3.48. The molecule has 0 aliphatic rings. The molecule has 1 unspecified atom stereocenters. The Morgan fingerprint density at radius 3 is 2.71 bits per heavy atom. The minimum absolute atomic E-state index is 0.0351. The molecule has 0 radical (unpaired) electrons. The first kappa shape index (κ1) is 14.8. The summed E-state index contributed by atoms with van der Waals surface area (Å²) in [5.41, 5.74) is 0.205. The van der Waals surface area contributed by atoms with E-state index in [0.717, 1.165) is 11.3 Å². The zero-order valence-corrected chi connectivity index (χ0v) is 11.8. The van der Waals surface area contributed by atoms with Gasteiger partial charge >= 0.3 is 5.97 Å². The highest BCUT2D eigenvalue weighted by atomic mass is 32.1. The van der Waals surface area contributed by atoms with E-state index < -0.39 is 23.8 Å². The van der Waals surface area contributed by atoms with Crippen molar-refractivity contribution in [3.05, 3.63) is 40.5 Å². The van der Waals surface area contributed by atoms with Crippen molar-refractivity contribution in [1.82, 2.24) is 5.32 Å². The van der Waals surface area contributed by atoms with Gasteiger partial charge in [-0.3, -0.25) is 9.59 Å². The smallest absolute Gasteiger partial charge is 0.348 e. The van der Waals surface area contributed by atoms with Crippen molar-refractivity contribution >= 4 is 34.8 Å².